The monoisotopic (exact) mass is 297 g/mol. The highest BCUT2D eigenvalue weighted by atomic mass is 16.6. The molecule has 0 saturated heterocycles. The van der Waals surface area contributed by atoms with Gasteiger partial charge < -0.3 is 20.5 Å². The SMILES string of the molecule is COc1ccc(OCC(NC(C)C)C(N)=O)cc1[N+](=O)[O-]. The maximum absolute atomic E-state index is 11.3. The Morgan fingerprint density at radius 3 is 2.62 bits per heavy atom. The summed E-state index contributed by atoms with van der Waals surface area (Å²) in [6, 6.07) is 3.58. The number of nitrogens with two attached hydrogens (primary N) is 1. The number of ether oxygens (including phenoxy) is 2. The lowest BCUT2D eigenvalue weighted by molar-refractivity contribution is -0.385. The smallest absolute Gasteiger partial charge is 0.314 e. The molecule has 116 valence electrons. The zero-order valence-corrected chi connectivity index (χ0v) is 12.2. The van der Waals surface area contributed by atoms with Crippen LogP contribution in [0.25, 0.3) is 0 Å². The van der Waals surface area contributed by atoms with Crippen molar-refractivity contribution >= 4 is 11.6 Å². The number of carbonyl (C=O) groups is 1. The molecule has 0 radical (unpaired) electrons. The second kappa shape index (κ2) is 7.44. The minimum absolute atomic E-state index is 0.0169. The number of methoxy groups -OCH3 is 1. The average Bonchev–Trinajstić information content (AvgIpc) is 2.42. The van der Waals surface area contributed by atoms with Crippen molar-refractivity contribution in [1.82, 2.24) is 5.32 Å². The Balaban J connectivity index is 2.81. The van der Waals surface area contributed by atoms with Crippen molar-refractivity contribution in [2.75, 3.05) is 13.7 Å². The summed E-state index contributed by atoms with van der Waals surface area (Å²) >= 11 is 0. The minimum atomic E-state index is -0.675. The van der Waals surface area contributed by atoms with Gasteiger partial charge in [0.2, 0.25) is 5.91 Å². The summed E-state index contributed by atoms with van der Waals surface area (Å²) in [4.78, 5) is 21.6. The van der Waals surface area contributed by atoms with Crippen LogP contribution in [-0.2, 0) is 4.79 Å². The molecule has 0 bridgehead atoms. The first kappa shape index (κ1) is 16.7. The van der Waals surface area contributed by atoms with E-state index in [0.717, 1.165) is 0 Å². The van der Waals surface area contributed by atoms with Gasteiger partial charge in [0.25, 0.3) is 0 Å². The summed E-state index contributed by atoms with van der Waals surface area (Å²) < 4.78 is 10.3. The van der Waals surface area contributed by atoms with Gasteiger partial charge in [-0.05, 0) is 12.1 Å². The van der Waals surface area contributed by atoms with E-state index in [1.54, 1.807) is 0 Å². The second-order valence-corrected chi connectivity index (χ2v) is 4.68. The van der Waals surface area contributed by atoms with Crippen molar-refractivity contribution in [3.05, 3.63) is 28.3 Å². The molecular formula is C13H19N3O5. The van der Waals surface area contributed by atoms with E-state index in [2.05, 4.69) is 5.32 Å². The van der Waals surface area contributed by atoms with Crippen LogP contribution in [0.2, 0.25) is 0 Å². The molecule has 1 rings (SSSR count). The van der Waals surface area contributed by atoms with Crippen LogP contribution in [0.3, 0.4) is 0 Å². The van der Waals surface area contributed by atoms with Gasteiger partial charge in [-0.25, -0.2) is 0 Å². The molecule has 0 aliphatic rings. The molecular weight excluding hydrogens is 278 g/mol. The van der Waals surface area contributed by atoms with Crippen LogP contribution < -0.4 is 20.5 Å². The molecule has 8 heteroatoms. The lowest BCUT2D eigenvalue weighted by atomic mass is 10.2. The lowest BCUT2D eigenvalue weighted by Gasteiger charge is -2.18. The quantitative estimate of drug-likeness (QED) is 0.542. The first-order valence-electron chi connectivity index (χ1n) is 6.35. The molecule has 0 aliphatic heterocycles. The first-order valence-corrected chi connectivity index (χ1v) is 6.35. The number of rotatable bonds is 8. The fraction of sp³-hybridized carbons (Fsp3) is 0.462. The predicted molar refractivity (Wildman–Crippen MR) is 76.4 cm³/mol. The zero-order chi connectivity index (χ0) is 16.0. The summed E-state index contributed by atoms with van der Waals surface area (Å²) in [6.07, 6.45) is 0. The number of hydrogen-bond acceptors (Lipinski definition) is 6. The molecule has 0 aromatic heterocycles. The summed E-state index contributed by atoms with van der Waals surface area (Å²) in [5.74, 6) is -0.148. The molecule has 3 N–H and O–H groups in total. The highest BCUT2D eigenvalue weighted by Gasteiger charge is 2.19. The largest absolute Gasteiger partial charge is 0.491 e. The van der Waals surface area contributed by atoms with Crippen LogP contribution in [0.4, 0.5) is 5.69 Å². The van der Waals surface area contributed by atoms with Crippen LogP contribution in [0.5, 0.6) is 11.5 Å². The minimum Gasteiger partial charge on any atom is -0.491 e. The van der Waals surface area contributed by atoms with E-state index in [9.17, 15) is 14.9 Å². The summed E-state index contributed by atoms with van der Waals surface area (Å²) in [5, 5.41) is 13.9. The molecule has 1 amide bonds. The molecule has 21 heavy (non-hydrogen) atoms. The van der Waals surface area contributed by atoms with Gasteiger partial charge >= 0.3 is 5.69 Å². The van der Waals surface area contributed by atoms with Crippen molar-refractivity contribution in [2.45, 2.75) is 25.9 Å². The molecule has 1 atom stereocenters. The van der Waals surface area contributed by atoms with Gasteiger partial charge in [-0.15, -0.1) is 0 Å². The Bertz CT molecular complexity index is 519. The van der Waals surface area contributed by atoms with Gasteiger partial charge in [-0.2, -0.15) is 0 Å². The van der Waals surface area contributed by atoms with Crippen molar-refractivity contribution in [1.29, 1.82) is 0 Å². The summed E-state index contributed by atoms with van der Waals surface area (Å²) in [6.45, 7) is 3.72. The maximum Gasteiger partial charge on any atom is 0.314 e. The average molecular weight is 297 g/mol. The topological polar surface area (TPSA) is 117 Å². The van der Waals surface area contributed by atoms with E-state index < -0.39 is 16.9 Å². The van der Waals surface area contributed by atoms with Crippen molar-refractivity contribution in [3.63, 3.8) is 0 Å². The molecule has 1 aromatic carbocycles. The van der Waals surface area contributed by atoms with Crippen molar-refractivity contribution in [2.24, 2.45) is 5.73 Å². The summed E-state index contributed by atoms with van der Waals surface area (Å²) in [7, 11) is 1.35. The van der Waals surface area contributed by atoms with Crippen LogP contribution in [0, 0.1) is 10.1 Å². The number of nitrogens with zero attached hydrogens (tertiary/aromatic N) is 1. The Morgan fingerprint density at radius 2 is 2.14 bits per heavy atom. The Hall–Kier alpha value is -2.35. The number of nitro groups is 1. The third-order valence-electron chi connectivity index (χ3n) is 2.64. The maximum atomic E-state index is 11.3. The van der Waals surface area contributed by atoms with Gasteiger partial charge in [0.1, 0.15) is 18.4 Å². The highest BCUT2D eigenvalue weighted by Crippen LogP contribution is 2.30. The van der Waals surface area contributed by atoms with Gasteiger partial charge in [0, 0.05) is 6.04 Å². The third-order valence-corrected chi connectivity index (χ3v) is 2.64. The van der Waals surface area contributed by atoms with Gasteiger partial charge in [-0.3, -0.25) is 14.9 Å². The number of primary amides is 1. The molecule has 8 nitrogen and oxygen atoms in total. The molecule has 1 unspecified atom stereocenters. The van der Waals surface area contributed by atoms with Crippen LogP contribution >= 0.6 is 0 Å². The molecule has 0 heterocycles. The Labute approximate surface area is 122 Å². The normalized spacial score (nSPS) is 12.0. The second-order valence-electron chi connectivity index (χ2n) is 4.68. The van der Waals surface area contributed by atoms with E-state index in [1.165, 1.54) is 25.3 Å². The molecule has 0 saturated carbocycles. The molecule has 0 aliphatic carbocycles. The number of benzene rings is 1. The van der Waals surface area contributed by atoms with Crippen LogP contribution in [0.1, 0.15) is 13.8 Å². The standard InChI is InChI=1S/C13H19N3O5/c1-8(2)15-10(13(14)17)7-21-9-4-5-12(20-3)11(6-9)16(18)19/h4-6,8,10,15H,7H2,1-3H3,(H2,14,17). The van der Waals surface area contributed by atoms with Gasteiger partial charge in [0.05, 0.1) is 18.1 Å². The highest BCUT2D eigenvalue weighted by molar-refractivity contribution is 5.80. The van der Waals surface area contributed by atoms with E-state index in [4.69, 9.17) is 15.2 Å². The summed E-state index contributed by atoms with van der Waals surface area (Å²) in [5.41, 5.74) is 5.06. The predicted octanol–water partition coefficient (Wildman–Crippen LogP) is 0.834. The van der Waals surface area contributed by atoms with Gasteiger partial charge in [-0.1, -0.05) is 13.8 Å². The fourth-order valence-corrected chi connectivity index (χ4v) is 1.70. The van der Waals surface area contributed by atoms with E-state index >= 15 is 0 Å². The zero-order valence-electron chi connectivity index (χ0n) is 12.2. The number of nitrogens with one attached hydrogen (secondary N) is 1. The number of carbonyl (C=O) groups excluding carboxylic acids is 1. The Kier molecular flexibility index (Phi) is 5.92. The third kappa shape index (κ3) is 4.92. The Morgan fingerprint density at radius 1 is 1.48 bits per heavy atom. The van der Waals surface area contributed by atoms with E-state index in [1.807, 2.05) is 13.8 Å². The van der Waals surface area contributed by atoms with Gasteiger partial charge in [0.15, 0.2) is 5.75 Å². The van der Waals surface area contributed by atoms with E-state index in [-0.39, 0.29) is 29.8 Å². The first-order chi connectivity index (χ1) is 9.85. The lowest BCUT2D eigenvalue weighted by Crippen LogP contribution is -2.48. The van der Waals surface area contributed by atoms with E-state index in [0.29, 0.717) is 0 Å². The van der Waals surface area contributed by atoms with Crippen LogP contribution in [-0.4, -0.2) is 36.6 Å². The number of hydrogen-bond donors (Lipinski definition) is 2. The molecule has 1 aromatic rings. The van der Waals surface area contributed by atoms with Crippen molar-refractivity contribution < 1.29 is 19.2 Å². The molecule has 0 fully saturated rings. The number of amides is 1. The fourth-order valence-electron chi connectivity index (χ4n) is 1.70. The number of nitro benzene ring substituents is 1. The molecule has 0 spiro atoms. The van der Waals surface area contributed by atoms with Crippen LogP contribution in [0.15, 0.2) is 18.2 Å². The van der Waals surface area contributed by atoms with Crippen molar-refractivity contribution in [3.8, 4) is 11.5 Å².